The summed E-state index contributed by atoms with van der Waals surface area (Å²) >= 11 is 5.13. The Labute approximate surface area is 93.2 Å². The summed E-state index contributed by atoms with van der Waals surface area (Å²) in [4.78, 5) is 10.8. The van der Waals surface area contributed by atoms with E-state index in [4.69, 9.17) is 11.6 Å². The van der Waals surface area contributed by atoms with E-state index in [2.05, 4.69) is 0 Å². The van der Waals surface area contributed by atoms with E-state index < -0.39 is 35.0 Å². The maximum absolute atomic E-state index is 12.7. The minimum atomic E-state index is -4.74. The maximum Gasteiger partial charge on any atom is 0.418 e. The Morgan fingerprint density at radius 1 is 1.38 bits per heavy atom. The van der Waals surface area contributed by atoms with Crippen molar-refractivity contribution < 1.29 is 22.4 Å². The fourth-order valence-electron chi connectivity index (χ4n) is 1.04. The first kappa shape index (κ1) is 12.8. The Bertz CT molecular complexity index is 405. The van der Waals surface area contributed by atoms with Gasteiger partial charge in [0.2, 0.25) is 5.91 Å². The predicted molar refractivity (Wildman–Crippen MR) is 50.8 cm³/mol. The van der Waals surface area contributed by atoms with E-state index in [1.54, 1.807) is 0 Å². The monoisotopic (exact) mass is 255 g/mol. The highest BCUT2D eigenvalue weighted by atomic mass is 35.5. The first-order valence-corrected chi connectivity index (χ1v) is 4.60. The van der Waals surface area contributed by atoms with Gasteiger partial charge in [0.15, 0.2) is 0 Å². The Morgan fingerprint density at radius 3 is 2.50 bits per heavy atom. The number of hydrogen-bond acceptors (Lipinski definition) is 1. The smallest absolute Gasteiger partial charge is 0.324 e. The number of halogens is 5. The molecule has 1 N–H and O–H groups in total. The molecule has 16 heavy (non-hydrogen) atoms. The summed E-state index contributed by atoms with van der Waals surface area (Å²) in [7, 11) is 0. The number of rotatable bonds is 2. The van der Waals surface area contributed by atoms with Gasteiger partial charge in [0.25, 0.3) is 0 Å². The van der Waals surface area contributed by atoms with Crippen LogP contribution < -0.4 is 5.32 Å². The molecule has 0 bridgehead atoms. The van der Waals surface area contributed by atoms with Gasteiger partial charge in [-0.05, 0) is 18.2 Å². The highest BCUT2D eigenvalue weighted by Crippen LogP contribution is 2.35. The second-order valence-corrected chi connectivity index (χ2v) is 3.14. The second kappa shape index (κ2) is 4.69. The fraction of sp³-hybridized carbons (Fsp3) is 0.222. The number of carbonyl (C=O) groups is 1. The maximum atomic E-state index is 12.7. The normalized spacial score (nSPS) is 11.3. The molecule has 0 saturated carbocycles. The first-order valence-electron chi connectivity index (χ1n) is 4.07. The zero-order chi connectivity index (χ0) is 12.3. The lowest BCUT2D eigenvalue weighted by molar-refractivity contribution is -0.137. The predicted octanol–water partition coefficient (Wildman–Crippen LogP) is 3.02. The molecule has 1 amide bonds. The second-order valence-electron chi connectivity index (χ2n) is 2.87. The van der Waals surface area contributed by atoms with Crippen LogP contribution in [0.25, 0.3) is 0 Å². The molecular weight excluding hydrogens is 250 g/mol. The zero-order valence-corrected chi connectivity index (χ0v) is 8.49. The number of hydrogen-bond donors (Lipinski definition) is 1. The number of nitrogens with one attached hydrogen (secondary N) is 1. The van der Waals surface area contributed by atoms with Crippen molar-refractivity contribution >= 4 is 23.2 Å². The lowest BCUT2D eigenvalue weighted by atomic mass is 10.1. The van der Waals surface area contributed by atoms with Crippen LogP contribution in [0.3, 0.4) is 0 Å². The average molecular weight is 256 g/mol. The van der Waals surface area contributed by atoms with Crippen molar-refractivity contribution in [3.63, 3.8) is 0 Å². The standard InChI is InChI=1S/C9H6ClF4NO/c10-4-8(16)15-7-2-1-5(11)3-6(7)9(12,13)14/h1-3H,4H2,(H,15,16). The van der Waals surface area contributed by atoms with E-state index in [1.807, 2.05) is 5.32 Å². The molecule has 0 atom stereocenters. The topological polar surface area (TPSA) is 29.1 Å². The van der Waals surface area contributed by atoms with Crippen LogP contribution in [0.1, 0.15) is 5.56 Å². The van der Waals surface area contributed by atoms with Gasteiger partial charge in [-0.15, -0.1) is 11.6 Å². The van der Waals surface area contributed by atoms with Gasteiger partial charge >= 0.3 is 6.18 Å². The lowest BCUT2D eigenvalue weighted by Crippen LogP contribution is -2.17. The van der Waals surface area contributed by atoms with Crippen molar-refractivity contribution in [2.24, 2.45) is 0 Å². The van der Waals surface area contributed by atoms with Crippen LogP contribution >= 0.6 is 11.6 Å². The summed E-state index contributed by atoms with van der Waals surface area (Å²) in [5, 5.41) is 1.94. The third-order valence-electron chi connectivity index (χ3n) is 1.68. The average Bonchev–Trinajstić information content (AvgIpc) is 2.19. The van der Waals surface area contributed by atoms with Gasteiger partial charge in [0.05, 0.1) is 11.3 Å². The zero-order valence-electron chi connectivity index (χ0n) is 7.74. The number of amides is 1. The molecule has 1 rings (SSSR count). The van der Waals surface area contributed by atoms with Crippen molar-refractivity contribution in [1.82, 2.24) is 0 Å². The summed E-state index contributed by atoms with van der Waals surface area (Å²) < 4.78 is 50.0. The number of alkyl halides is 4. The number of carbonyl (C=O) groups excluding carboxylic acids is 1. The van der Waals surface area contributed by atoms with E-state index in [1.165, 1.54) is 0 Å². The molecule has 0 saturated heterocycles. The van der Waals surface area contributed by atoms with E-state index in [9.17, 15) is 22.4 Å². The van der Waals surface area contributed by atoms with Crippen molar-refractivity contribution in [3.05, 3.63) is 29.6 Å². The molecule has 7 heteroatoms. The molecule has 0 aliphatic heterocycles. The Hall–Kier alpha value is -1.30. The largest absolute Gasteiger partial charge is 0.418 e. The van der Waals surface area contributed by atoms with Gasteiger partial charge in [-0.1, -0.05) is 0 Å². The SMILES string of the molecule is O=C(CCl)Nc1ccc(F)cc1C(F)(F)F. The van der Waals surface area contributed by atoms with Gasteiger partial charge in [-0.25, -0.2) is 4.39 Å². The highest BCUT2D eigenvalue weighted by molar-refractivity contribution is 6.29. The quantitative estimate of drug-likeness (QED) is 0.639. The molecule has 0 aromatic heterocycles. The Balaban J connectivity index is 3.13. The Kier molecular flexibility index (Phi) is 3.74. The van der Waals surface area contributed by atoms with Crippen molar-refractivity contribution in [1.29, 1.82) is 0 Å². The van der Waals surface area contributed by atoms with E-state index in [0.717, 1.165) is 12.1 Å². The Morgan fingerprint density at radius 2 is 2.00 bits per heavy atom. The molecule has 0 aliphatic carbocycles. The summed E-state index contributed by atoms with van der Waals surface area (Å²) in [5.41, 5.74) is -1.76. The summed E-state index contributed by atoms with van der Waals surface area (Å²) in [6.45, 7) is 0. The van der Waals surface area contributed by atoms with Gasteiger partial charge in [-0.3, -0.25) is 4.79 Å². The molecular formula is C9H6ClF4NO. The molecule has 0 fully saturated rings. The van der Waals surface area contributed by atoms with Crippen LogP contribution in [0.4, 0.5) is 23.2 Å². The van der Waals surface area contributed by atoms with Crippen LogP contribution in [-0.4, -0.2) is 11.8 Å². The van der Waals surface area contributed by atoms with Crippen LogP contribution in [0, 0.1) is 5.82 Å². The van der Waals surface area contributed by atoms with Crippen molar-refractivity contribution in [2.75, 3.05) is 11.2 Å². The third-order valence-corrected chi connectivity index (χ3v) is 1.93. The van der Waals surface area contributed by atoms with E-state index in [0.29, 0.717) is 6.07 Å². The van der Waals surface area contributed by atoms with Crippen molar-refractivity contribution in [2.45, 2.75) is 6.18 Å². The summed E-state index contributed by atoms with van der Waals surface area (Å²) in [6.07, 6.45) is -4.74. The van der Waals surface area contributed by atoms with Gasteiger partial charge in [0, 0.05) is 0 Å². The van der Waals surface area contributed by atoms with Crippen LogP contribution in [0.15, 0.2) is 18.2 Å². The molecule has 0 aliphatic rings. The third kappa shape index (κ3) is 3.10. The molecule has 1 aromatic carbocycles. The minimum absolute atomic E-state index is 0.309. The van der Waals surface area contributed by atoms with Crippen LogP contribution in [0.5, 0.6) is 0 Å². The molecule has 0 heterocycles. The van der Waals surface area contributed by atoms with Crippen LogP contribution in [-0.2, 0) is 11.0 Å². The lowest BCUT2D eigenvalue weighted by Gasteiger charge is -2.13. The van der Waals surface area contributed by atoms with Crippen molar-refractivity contribution in [3.8, 4) is 0 Å². The van der Waals surface area contributed by atoms with Gasteiger partial charge in [0.1, 0.15) is 11.7 Å². The molecule has 88 valence electrons. The molecule has 1 aromatic rings. The first-order chi connectivity index (χ1) is 7.34. The summed E-state index contributed by atoms with van der Waals surface area (Å²) in [5.74, 6) is -2.30. The molecule has 0 spiro atoms. The van der Waals surface area contributed by atoms with E-state index in [-0.39, 0.29) is 0 Å². The summed E-state index contributed by atoms with van der Waals surface area (Å²) in [6, 6.07) is 1.96. The molecule has 2 nitrogen and oxygen atoms in total. The van der Waals surface area contributed by atoms with Gasteiger partial charge < -0.3 is 5.32 Å². The van der Waals surface area contributed by atoms with Gasteiger partial charge in [-0.2, -0.15) is 13.2 Å². The molecule has 0 unspecified atom stereocenters. The fourth-order valence-corrected chi connectivity index (χ4v) is 1.11. The number of anilines is 1. The van der Waals surface area contributed by atoms with E-state index >= 15 is 0 Å². The molecule has 0 radical (unpaired) electrons. The van der Waals surface area contributed by atoms with Crippen LogP contribution in [0.2, 0.25) is 0 Å². The highest BCUT2D eigenvalue weighted by Gasteiger charge is 2.34. The number of benzene rings is 1. The minimum Gasteiger partial charge on any atom is -0.324 e.